The Morgan fingerprint density at radius 2 is 1.75 bits per heavy atom. The van der Waals surface area contributed by atoms with Gasteiger partial charge in [-0.3, -0.25) is 18.7 Å². The van der Waals surface area contributed by atoms with Crippen molar-refractivity contribution in [2.75, 3.05) is 12.3 Å². The van der Waals surface area contributed by atoms with Crippen LogP contribution in [0.15, 0.2) is 33.9 Å². The topological polar surface area (TPSA) is 113 Å². The number of ketones is 1. The van der Waals surface area contributed by atoms with E-state index >= 15 is 0 Å². The van der Waals surface area contributed by atoms with Crippen LogP contribution < -0.4 is 17.0 Å². The van der Waals surface area contributed by atoms with Gasteiger partial charge in [-0.05, 0) is 18.6 Å². The third-order valence-corrected chi connectivity index (χ3v) is 3.69. The van der Waals surface area contributed by atoms with Gasteiger partial charge < -0.3 is 10.5 Å². The van der Waals surface area contributed by atoms with Crippen LogP contribution in [0.5, 0.6) is 0 Å². The number of rotatable bonds is 4. The molecule has 0 aliphatic carbocycles. The summed E-state index contributed by atoms with van der Waals surface area (Å²) in [5.41, 5.74) is 4.86. The van der Waals surface area contributed by atoms with Gasteiger partial charge in [0, 0.05) is 14.1 Å². The summed E-state index contributed by atoms with van der Waals surface area (Å²) in [5, 5.41) is 0. The maximum absolute atomic E-state index is 12.2. The largest absolute Gasteiger partial charge is 0.454 e. The van der Waals surface area contributed by atoms with Crippen LogP contribution in [0.25, 0.3) is 0 Å². The van der Waals surface area contributed by atoms with E-state index in [1.807, 2.05) is 0 Å². The number of hydrogen-bond acceptors (Lipinski definition) is 6. The van der Waals surface area contributed by atoms with E-state index in [1.54, 1.807) is 31.2 Å². The zero-order valence-electron chi connectivity index (χ0n) is 13.5. The number of aryl methyl sites for hydroxylation is 1. The van der Waals surface area contributed by atoms with E-state index in [0.717, 1.165) is 9.13 Å². The summed E-state index contributed by atoms with van der Waals surface area (Å²) in [6, 6.07) is 6.75. The average molecular weight is 331 g/mol. The van der Waals surface area contributed by atoms with Crippen LogP contribution >= 0.6 is 0 Å². The van der Waals surface area contributed by atoms with Gasteiger partial charge in [-0.1, -0.05) is 18.2 Å². The van der Waals surface area contributed by atoms with Gasteiger partial charge in [-0.15, -0.1) is 0 Å². The van der Waals surface area contributed by atoms with Crippen LogP contribution in [-0.4, -0.2) is 27.5 Å². The number of hydrogen-bond donors (Lipinski definition) is 1. The Balaban J connectivity index is 2.26. The van der Waals surface area contributed by atoms with Crippen LogP contribution in [0, 0.1) is 6.92 Å². The summed E-state index contributed by atoms with van der Waals surface area (Å²) in [6.07, 6.45) is 0. The Hall–Kier alpha value is -3.16. The molecule has 1 aromatic heterocycles. The second kappa shape index (κ2) is 6.53. The predicted molar refractivity (Wildman–Crippen MR) is 87.1 cm³/mol. The van der Waals surface area contributed by atoms with Gasteiger partial charge in [-0.25, -0.2) is 9.59 Å². The van der Waals surface area contributed by atoms with Crippen LogP contribution in [-0.2, 0) is 18.8 Å². The highest BCUT2D eigenvalue weighted by Gasteiger charge is 2.22. The van der Waals surface area contributed by atoms with Crippen LogP contribution in [0.4, 0.5) is 5.82 Å². The maximum Gasteiger partial charge on any atom is 0.338 e. The minimum absolute atomic E-state index is 0.264. The van der Waals surface area contributed by atoms with Crippen molar-refractivity contribution in [3.05, 3.63) is 61.8 Å². The summed E-state index contributed by atoms with van der Waals surface area (Å²) in [5.74, 6) is -1.72. The second-order valence-corrected chi connectivity index (χ2v) is 5.28. The number of carbonyl (C=O) groups is 2. The van der Waals surface area contributed by atoms with Gasteiger partial charge in [0.1, 0.15) is 11.4 Å². The maximum atomic E-state index is 12.2. The Kier molecular flexibility index (Phi) is 4.68. The van der Waals surface area contributed by atoms with Gasteiger partial charge in [0.15, 0.2) is 6.61 Å². The molecule has 0 atom stereocenters. The zero-order valence-corrected chi connectivity index (χ0v) is 13.5. The van der Waals surface area contributed by atoms with Crippen molar-refractivity contribution in [1.82, 2.24) is 9.13 Å². The number of anilines is 1. The van der Waals surface area contributed by atoms with Crippen molar-refractivity contribution in [2.45, 2.75) is 6.92 Å². The molecule has 2 N–H and O–H groups in total. The lowest BCUT2D eigenvalue weighted by molar-refractivity contribution is 0.0473. The zero-order chi connectivity index (χ0) is 18.0. The Labute approximate surface area is 137 Å². The Morgan fingerprint density at radius 3 is 2.38 bits per heavy atom. The van der Waals surface area contributed by atoms with Gasteiger partial charge in [0.2, 0.25) is 5.78 Å². The number of ether oxygens (including phenoxy) is 1. The minimum atomic E-state index is -0.826. The first-order valence-electron chi connectivity index (χ1n) is 7.07. The van der Waals surface area contributed by atoms with Gasteiger partial charge >= 0.3 is 11.7 Å². The summed E-state index contributed by atoms with van der Waals surface area (Å²) >= 11 is 0. The molecule has 0 amide bonds. The molecule has 126 valence electrons. The molecule has 0 unspecified atom stereocenters. The molecule has 0 spiro atoms. The number of nitrogens with zero attached hydrogens (tertiary/aromatic N) is 2. The highest BCUT2D eigenvalue weighted by Crippen LogP contribution is 2.10. The van der Waals surface area contributed by atoms with E-state index in [9.17, 15) is 19.2 Å². The molecule has 0 fully saturated rings. The van der Waals surface area contributed by atoms with E-state index in [2.05, 4.69) is 0 Å². The lowest BCUT2D eigenvalue weighted by Crippen LogP contribution is -2.42. The molecule has 1 aromatic carbocycles. The van der Waals surface area contributed by atoms with Crippen LogP contribution in [0.2, 0.25) is 0 Å². The number of carbonyl (C=O) groups excluding carboxylic acids is 2. The third kappa shape index (κ3) is 2.98. The molecule has 1 heterocycles. The van der Waals surface area contributed by atoms with Gasteiger partial charge in [0.05, 0.1) is 5.56 Å². The second-order valence-electron chi connectivity index (χ2n) is 5.28. The smallest absolute Gasteiger partial charge is 0.338 e. The van der Waals surface area contributed by atoms with Gasteiger partial charge in [-0.2, -0.15) is 0 Å². The lowest BCUT2D eigenvalue weighted by Gasteiger charge is -2.11. The average Bonchev–Trinajstić information content (AvgIpc) is 2.56. The quantitative estimate of drug-likeness (QED) is 0.624. The molecule has 8 nitrogen and oxygen atoms in total. The Morgan fingerprint density at radius 1 is 1.12 bits per heavy atom. The number of benzene rings is 1. The first-order chi connectivity index (χ1) is 11.3. The molecule has 0 radical (unpaired) electrons. The minimum Gasteiger partial charge on any atom is -0.454 e. The molecule has 8 heteroatoms. The van der Waals surface area contributed by atoms with Crippen molar-refractivity contribution in [3.8, 4) is 0 Å². The van der Waals surface area contributed by atoms with Crippen molar-refractivity contribution in [3.63, 3.8) is 0 Å². The number of nitrogen functional groups attached to an aromatic ring is 1. The highest BCUT2D eigenvalue weighted by atomic mass is 16.5. The highest BCUT2D eigenvalue weighted by molar-refractivity contribution is 6.02. The summed E-state index contributed by atoms with van der Waals surface area (Å²) in [4.78, 5) is 48.1. The monoisotopic (exact) mass is 331 g/mol. The summed E-state index contributed by atoms with van der Waals surface area (Å²) < 4.78 is 6.72. The number of Topliss-reactive ketones (excluding diaryl/α,β-unsaturated/α-hetero) is 1. The molecule has 0 saturated heterocycles. The normalized spacial score (nSPS) is 10.5. The molecular formula is C16H17N3O5. The van der Waals surface area contributed by atoms with Crippen molar-refractivity contribution >= 4 is 17.6 Å². The lowest BCUT2D eigenvalue weighted by atomic mass is 10.1. The fraction of sp³-hybridized carbons (Fsp3) is 0.250. The molecule has 0 aliphatic heterocycles. The number of aromatic nitrogens is 2. The van der Waals surface area contributed by atoms with E-state index in [4.69, 9.17) is 10.5 Å². The fourth-order valence-corrected chi connectivity index (χ4v) is 2.20. The van der Waals surface area contributed by atoms with Crippen molar-refractivity contribution in [2.24, 2.45) is 14.1 Å². The fourth-order valence-electron chi connectivity index (χ4n) is 2.20. The summed E-state index contributed by atoms with van der Waals surface area (Å²) in [6.45, 7) is 1.09. The number of nitrogens with two attached hydrogens (primary N) is 1. The molecule has 0 aliphatic rings. The van der Waals surface area contributed by atoms with Gasteiger partial charge in [0.25, 0.3) is 5.56 Å². The first kappa shape index (κ1) is 17.2. The predicted octanol–water partition coefficient (Wildman–Crippen LogP) is 0.0143. The third-order valence-electron chi connectivity index (χ3n) is 3.69. The van der Waals surface area contributed by atoms with Crippen LogP contribution in [0.3, 0.4) is 0 Å². The van der Waals surface area contributed by atoms with E-state index in [0.29, 0.717) is 11.1 Å². The first-order valence-corrected chi connectivity index (χ1v) is 7.07. The Bertz CT molecular complexity index is 940. The number of esters is 1. The molecule has 0 bridgehead atoms. The summed E-state index contributed by atoms with van der Waals surface area (Å²) in [7, 11) is 2.58. The SMILES string of the molecule is Cc1ccccc1C(=O)OCC(=O)c1c(N)n(C)c(=O)n(C)c1=O. The van der Waals surface area contributed by atoms with E-state index in [-0.39, 0.29) is 11.4 Å². The molecule has 24 heavy (non-hydrogen) atoms. The standard InChI is InChI=1S/C16H17N3O5/c1-9-6-4-5-7-10(9)15(22)24-8-11(20)12-13(17)18(2)16(23)19(3)14(12)21/h4-7H,8,17H2,1-3H3. The van der Waals surface area contributed by atoms with Crippen LogP contribution in [0.1, 0.15) is 26.3 Å². The van der Waals surface area contributed by atoms with Crippen molar-refractivity contribution in [1.29, 1.82) is 0 Å². The molecule has 2 rings (SSSR count). The molecule has 0 saturated carbocycles. The van der Waals surface area contributed by atoms with E-state index in [1.165, 1.54) is 14.1 Å². The molecular weight excluding hydrogens is 314 g/mol. The molecule has 2 aromatic rings. The van der Waals surface area contributed by atoms with Crippen molar-refractivity contribution < 1.29 is 14.3 Å². The van der Waals surface area contributed by atoms with E-state index < -0.39 is 29.6 Å².